The van der Waals surface area contributed by atoms with Gasteiger partial charge in [0.15, 0.2) is 12.2 Å². The zero-order chi connectivity index (χ0) is 15.7. The maximum absolute atomic E-state index is 11.6. The van der Waals surface area contributed by atoms with Crippen LogP contribution in [0.2, 0.25) is 0 Å². The topological polar surface area (TPSA) is 72.4 Å². The van der Waals surface area contributed by atoms with Crippen LogP contribution in [-0.2, 0) is 4.79 Å². The Morgan fingerprint density at radius 2 is 2.14 bits per heavy atom. The lowest BCUT2D eigenvalue weighted by Crippen LogP contribution is -2.41. The van der Waals surface area contributed by atoms with E-state index in [1.165, 1.54) is 12.0 Å². The molecule has 0 spiro atoms. The smallest absolute Gasteiger partial charge is 0.234 e. The Bertz CT molecular complexity index is 663. The van der Waals surface area contributed by atoms with Crippen LogP contribution in [0, 0.1) is 6.92 Å². The molecular formula is C17H21N3O2. The zero-order valence-corrected chi connectivity index (χ0v) is 13.0. The van der Waals surface area contributed by atoms with Crippen molar-refractivity contribution in [3.63, 3.8) is 0 Å². The van der Waals surface area contributed by atoms with Gasteiger partial charge in [-0.1, -0.05) is 24.3 Å². The molecule has 2 N–H and O–H groups in total. The van der Waals surface area contributed by atoms with E-state index in [2.05, 4.69) is 28.9 Å². The van der Waals surface area contributed by atoms with Crippen molar-refractivity contribution in [1.82, 2.24) is 9.88 Å². The average Bonchev–Trinajstić information content (AvgIpc) is 3.15. The van der Waals surface area contributed by atoms with Gasteiger partial charge in [0.1, 0.15) is 0 Å². The molecule has 0 saturated carbocycles. The standard InChI is InChI=1S/C17H21N3O2/c1-11-16(22-10-19-11)14-7-5-13(6-8-14)12(2)20-9-3-4-15(20)17(18)21/h5-8,10,12,15H,3-4,9H2,1-2H3,(H2,18,21)/t12-,15?/m0/s1. The van der Waals surface area contributed by atoms with E-state index in [1.54, 1.807) is 0 Å². The summed E-state index contributed by atoms with van der Waals surface area (Å²) in [6.45, 7) is 4.96. The summed E-state index contributed by atoms with van der Waals surface area (Å²) < 4.78 is 5.42. The van der Waals surface area contributed by atoms with Gasteiger partial charge >= 0.3 is 0 Å². The lowest BCUT2D eigenvalue weighted by molar-refractivity contribution is -0.122. The lowest BCUT2D eigenvalue weighted by atomic mass is 10.0. The molecule has 0 radical (unpaired) electrons. The Morgan fingerprint density at radius 3 is 2.73 bits per heavy atom. The van der Waals surface area contributed by atoms with Gasteiger partial charge in [-0.25, -0.2) is 4.98 Å². The normalized spacial score (nSPS) is 20.2. The number of carbonyl (C=O) groups is 1. The molecule has 2 atom stereocenters. The van der Waals surface area contributed by atoms with Gasteiger partial charge in [-0.05, 0) is 38.8 Å². The number of nitrogens with zero attached hydrogens (tertiary/aromatic N) is 2. The van der Waals surface area contributed by atoms with Crippen molar-refractivity contribution >= 4 is 5.91 Å². The first-order valence-corrected chi connectivity index (χ1v) is 7.63. The van der Waals surface area contributed by atoms with Crippen molar-refractivity contribution in [3.05, 3.63) is 41.9 Å². The number of hydrogen-bond acceptors (Lipinski definition) is 4. The van der Waals surface area contributed by atoms with Gasteiger partial charge in [0.2, 0.25) is 5.91 Å². The molecule has 0 aliphatic carbocycles. The van der Waals surface area contributed by atoms with Crippen molar-refractivity contribution in [3.8, 4) is 11.3 Å². The average molecular weight is 299 g/mol. The summed E-state index contributed by atoms with van der Waals surface area (Å²) in [7, 11) is 0. The van der Waals surface area contributed by atoms with E-state index < -0.39 is 0 Å². The molecular weight excluding hydrogens is 278 g/mol. The number of nitrogens with two attached hydrogens (primary N) is 1. The largest absolute Gasteiger partial charge is 0.443 e. The fourth-order valence-corrected chi connectivity index (χ4v) is 3.24. The maximum Gasteiger partial charge on any atom is 0.234 e. The minimum atomic E-state index is -0.224. The van der Waals surface area contributed by atoms with E-state index in [9.17, 15) is 4.79 Å². The highest BCUT2D eigenvalue weighted by atomic mass is 16.3. The minimum absolute atomic E-state index is 0.147. The van der Waals surface area contributed by atoms with Crippen LogP contribution in [0.4, 0.5) is 0 Å². The summed E-state index contributed by atoms with van der Waals surface area (Å²) in [5.74, 6) is 0.577. The first-order chi connectivity index (χ1) is 10.6. The van der Waals surface area contributed by atoms with Gasteiger partial charge in [0.05, 0.1) is 11.7 Å². The molecule has 1 unspecified atom stereocenters. The number of rotatable bonds is 4. The number of hydrogen-bond donors (Lipinski definition) is 1. The molecule has 2 heterocycles. The number of aryl methyl sites for hydroxylation is 1. The van der Waals surface area contributed by atoms with Crippen LogP contribution in [0.5, 0.6) is 0 Å². The number of carbonyl (C=O) groups excluding carboxylic acids is 1. The number of likely N-dealkylation sites (tertiary alicyclic amines) is 1. The van der Waals surface area contributed by atoms with Crippen molar-refractivity contribution in [2.24, 2.45) is 5.73 Å². The molecule has 1 aliphatic heterocycles. The summed E-state index contributed by atoms with van der Waals surface area (Å²) in [6, 6.07) is 8.26. The van der Waals surface area contributed by atoms with Gasteiger partial charge in [0.25, 0.3) is 0 Å². The van der Waals surface area contributed by atoms with E-state index in [4.69, 9.17) is 10.2 Å². The minimum Gasteiger partial charge on any atom is -0.443 e. The second-order valence-corrected chi connectivity index (χ2v) is 5.86. The van der Waals surface area contributed by atoms with E-state index in [1.807, 2.05) is 19.1 Å². The Balaban J connectivity index is 1.81. The molecule has 1 aliphatic rings. The fourth-order valence-electron chi connectivity index (χ4n) is 3.24. The third-order valence-electron chi connectivity index (χ3n) is 4.52. The maximum atomic E-state index is 11.6. The Kier molecular flexibility index (Phi) is 3.98. The summed E-state index contributed by atoms with van der Waals surface area (Å²) in [5.41, 5.74) is 8.58. The van der Waals surface area contributed by atoms with Crippen LogP contribution in [0.15, 0.2) is 35.1 Å². The highest BCUT2D eigenvalue weighted by molar-refractivity contribution is 5.80. The molecule has 1 aromatic heterocycles. The third-order valence-corrected chi connectivity index (χ3v) is 4.52. The van der Waals surface area contributed by atoms with Crippen LogP contribution in [0.1, 0.15) is 37.1 Å². The highest BCUT2D eigenvalue weighted by Crippen LogP contribution is 2.30. The number of aromatic nitrogens is 1. The molecule has 5 heteroatoms. The molecule has 3 rings (SSSR count). The fraction of sp³-hybridized carbons (Fsp3) is 0.412. The molecule has 0 bridgehead atoms. The second kappa shape index (κ2) is 5.93. The first kappa shape index (κ1) is 14.8. The van der Waals surface area contributed by atoms with E-state index >= 15 is 0 Å². The number of oxazole rings is 1. The van der Waals surface area contributed by atoms with Crippen LogP contribution >= 0.6 is 0 Å². The molecule has 1 fully saturated rings. The summed E-state index contributed by atoms with van der Waals surface area (Å²) in [6.07, 6.45) is 3.34. The Labute approximate surface area is 130 Å². The van der Waals surface area contributed by atoms with E-state index in [0.29, 0.717) is 0 Å². The van der Waals surface area contributed by atoms with Gasteiger partial charge < -0.3 is 10.2 Å². The number of amides is 1. The van der Waals surface area contributed by atoms with Crippen LogP contribution in [0.3, 0.4) is 0 Å². The lowest BCUT2D eigenvalue weighted by Gasteiger charge is -2.29. The second-order valence-electron chi connectivity index (χ2n) is 5.86. The number of benzene rings is 1. The van der Waals surface area contributed by atoms with Gasteiger partial charge in [-0.3, -0.25) is 9.69 Å². The van der Waals surface area contributed by atoms with Gasteiger partial charge in [-0.15, -0.1) is 0 Å². The quantitative estimate of drug-likeness (QED) is 0.942. The molecule has 1 aromatic carbocycles. The van der Waals surface area contributed by atoms with E-state index in [-0.39, 0.29) is 18.0 Å². The van der Waals surface area contributed by atoms with Crippen LogP contribution < -0.4 is 5.73 Å². The summed E-state index contributed by atoms with van der Waals surface area (Å²) >= 11 is 0. The van der Waals surface area contributed by atoms with Gasteiger partial charge in [-0.2, -0.15) is 0 Å². The molecule has 1 amide bonds. The predicted molar refractivity (Wildman–Crippen MR) is 84.0 cm³/mol. The Hall–Kier alpha value is -2.14. The van der Waals surface area contributed by atoms with Gasteiger partial charge in [0, 0.05) is 11.6 Å². The SMILES string of the molecule is Cc1ncoc1-c1ccc([C@H](C)N2CCCC2C(N)=O)cc1. The first-order valence-electron chi connectivity index (χ1n) is 7.63. The third kappa shape index (κ3) is 2.64. The Morgan fingerprint density at radius 1 is 1.41 bits per heavy atom. The predicted octanol–water partition coefficient (Wildman–Crippen LogP) is 2.66. The highest BCUT2D eigenvalue weighted by Gasteiger charge is 2.32. The molecule has 116 valence electrons. The van der Waals surface area contributed by atoms with Crippen molar-refractivity contribution < 1.29 is 9.21 Å². The number of primary amides is 1. The monoisotopic (exact) mass is 299 g/mol. The van der Waals surface area contributed by atoms with Crippen molar-refractivity contribution in [1.29, 1.82) is 0 Å². The molecule has 1 saturated heterocycles. The van der Waals surface area contributed by atoms with Crippen molar-refractivity contribution in [2.75, 3.05) is 6.54 Å². The molecule has 2 aromatic rings. The van der Waals surface area contributed by atoms with E-state index in [0.717, 1.165) is 36.4 Å². The molecule has 22 heavy (non-hydrogen) atoms. The van der Waals surface area contributed by atoms with Crippen LogP contribution in [0.25, 0.3) is 11.3 Å². The molecule has 5 nitrogen and oxygen atoms in total. The van der Waals surface area contributed by atoms with Crippen molar-refractivity contribution in [2.45, 2.75) is 38.8 Å². The summed E-state index contributed by atoms with van der Waals surface area (Å²) in [5, 5.41) is 0. The summed E-state index contributed by atoms with van der Waals surface area (Å²) in [4.78, 5) is 17.9. The van der Waals surface area contributed by atoms with Crippen LogP contribution in [-0.4, -0.2) is 28.4 Å². The zero-order valence-electron chi connectivity index (χ0n) is 13.0.